The summed E-state index contributed by atoms with van der Waals surface area (Å²) in [6.45, 7) is 3.06. The Morgan fingerprint density at radius 2 is 1.75 bits per heavy atom. The number of nitrogens with one attached hydrogen (secondary N) is 2. The van der Waals surface area contributed by atoms with Crippen LogP contribution in [0.15, 0.2) is 0 Å². The summed E-state index contributed by atoms with van der Waals surface area (Å²) in [5, 5.41) is 12.8. The molecule has 0 bridgehead atoms. The highest BCUT2D eigenvalue weighted by Crippen LogP contribution is 2.11. The lowest BCUT2D eigenvalue weighted by Crippen LogP contribution is -2.42. The van der Waals surface area contributed by atoms with Gasteiger partial charge in [-0.05, 0) is 5.92 Å². The van der Waals surface area contributed by atoms with Gasteiger partial charge < -0.3 is 15.7 Å². The number of halogens is 1. The number of carboxylic acid groups (broad SMARTS) is 1. The first-order valence-electron chi connectivity index (χ1n) is 4.75. The summed E-state index contributed by atoms with van der Waals surface area (Å²) < 4.78 is 0. The van der Waals surface area contributed by atoms with Gasteiger partial charge in [0, 0.05) is 0 Å². The molecule has 1 atom stereocenters. The van der Waals surface area contributed by atoms with Gasteiger partial charge in [0.2, 0.25) is 11.8 Å². The molecule has 0 aliphatic rings. The van der Waals surface area contributed by atoms with Crippen molar-refractivity contribution in [2.75, 3.05) is 13.1 Å². The van der Waals surface area contributed by atoms with Gasteiger partial charge in [-0.3, -0.25) is 14.4 Å². The lowest BCUT2D eigenvalue weighted by Gasteiger charge is -2.13. The molecule has 0 aliphatic carbocycles. The van der Waals surface area contributed by atoms with Crippen molar-refractivity contribution >= 4 is 33.7 Å². The minimum atomic E-state index is -1.12. The summed E-state index contributed by atoms with van der Waals surface area (Å²) in [6.07, 6.45) is 0. The molecule has 1 unspecified atom stereocenters. The molecule has 0 radical (unpaired) electrons. The van der Waals surface area contributed by atoms with Crippen molar-refractivity contribution in [3.63, 3.8) is 0 Å². The van der Waals surface area contributed by atoms with Crippen LogP contribution in [0.5, 0.6) is 0 Å². The maximum Gasteiger partial charge on any atom is 0.322 e. The molecule has 0 saturated heterocycles. The topological polar surface area (TPSA) is 95.5 Å². The van der Waals surface area contributed by atoms with E-state index >= 15 is 0 Å². The Morgan fingerprint density at radius 1 is 1.19 bits per heavy atom. The third-order valence-corrected chi connectivity index (χ3v) is 3.17. The fourth-order valence-corrected chi connectivity index (χ4v) is 0.966. The molecule has 7 heteroatoms. The molecular formula is C9H15BrN2O4. The zero-order valence-electron chi connectivity index (χ0n) is 9.12. The lowest BCUT2D eigenvalue weighted by atomic mass is 10.1. The molecule has 0 spiro atoms. The first-order valence-corrected chi connectivity index (χ1v) is 5.66. The maximum absolute atomic E-state index is 11.4. The van der Waals surface area contributed by atoms with Crippen LogP contribution in [0.25, 0.3) is 0 Å². The van der Waals surface area contributed by atoms with Gasteiger partial charge in [-0.15, -0.1) is 0 Å². The Labute approximate surface area is 102 Å². The molecule has 0 saturated carbocycles. The minimum absolute atomic E-state index is 0.113. The molecule has 2 amide bonds. The SMILES string of the molecule is CC(C)C(Br)C(=O)NCC(=O)NCC(=O)O. The van der Waals surface area contributed by atoms with E-state index in [0.29, 0.717) is 0 Å². The van der Waals surface area contributed by atoms with Gasteiger partial charge in [-0.2, -0.15) is 0 Å². The van der Waals surface area contributed by atoms with Crippen molar-refractivity contribution in [2.45, 2.75) is 18.7 Å². The molecular weight excluding hydrogens is 280 g/mol. The fourth-order valence-electron chi connectivity index (χ4n) is 0.804. The molecule has 0 aromatic heterocycles. The minimum Gasteiger partial charge on any atom is -0.480 e. The summed E-state index contributed by atoms with van der Waals surface area (Å²) in [4.78, 5) is 32.2. The molecule has 0 aliphatic heterocycles. The van der Waals surface area contributed by atoms with Crippen molar-refractivity contribution in [3.05, 3.63) is 0 Å². The van der Waals surface area contributed by atoms with E-state index < -0.39 is 18.4 Å². The third kappa shape index (κ3) is 6.39. The average molecular weight is 295 g/mol. The quantitative estimate of drug-likeness (QED) is 0.587. The largest absolute Gasteiger partial charge is 0.480 e. The second-order valence-corrected chi connectivity index (χ2v) is 4.52. The zero-order chi connectivity index (χ0) is 12.7. The van der Waals surface area contributed by atoms with Crippen molar-refractivity contribution in [1.82, 2.24) is 10.6 Å². The molecule has 0 aromatic rings. The monoisotopic (exact) mass is 294 g/mol. The van der Waals surface area contributed by atoms with E-state index in [4.69, 9.17) is 5.11 Å². The standard InChI is InChI=1S/C9H15BrN2O4/c1-5(2)8(10)9(16)12-3-6(13)11-4-7(14)15/h5,8H,3-4H2,1-2H3,(H,11,13)(H,12,16)(H,14,15). The van der Waals surface area contributed by atoms with Crippen molar-refractivity contribution < 1.29 is 19.5 Å². The van der Waals surface area contributed by atoms with E-state index in [1.165, 1.54) is 0 Å². The summed E-state index contributed by atoms with van der Waals surface area (Å²) in [6, 6.07) is 0. The Bertz CT molecular complexity index is 281. The Morgan fingerprint density at radius 3 is 2.19 bits per heavy atom. The van der Waals surface area contributed by atoms with Crippen molar-refractivity contribution in [2.24, 2.45) is 5.92 Å². The van der Waals surface area contributed by atoms with Crippen LogP contribution >= 0.6 is 15.9 Å². The van der Waals surface area contributed by atoms with E-state index in [0.717, 1.165) is 0 Å². The highest BCUT2D eigenvalue weighted by atomic mass is 79.9. The number of carboxylic acids is 1. The van der Waals surface area contributed by atoms with Crippen LogP contribution in [0.4, 0.5) is 0 Å². The van der Waals surface area contributed by atoms with Crippen molar-refractivity contribution in [1.29, 1.82) is 0 Å². The van der Waals surface area contributed by atoms with E-state index in [1.54, 1.807) is 0 Å². The second kappa shape index (κ2) is 7.21. The maximum atomic E-state index is 11.4. The first-order chi connectivity index (χ1) is 7.34. The number of carbonyl (C=O) groups is 3. The predicted molar refractivity (Wildman–Crippen MR) is 61.2 cm³/mol. The van der Waals surface area contributed by atoms with Gasteiger partial charge in [-0.1, -0.05) is 29.8 Å². The van der Waals surface area contributed by atoms with Gasteiger partial charge in [0.25, 0.3) is 0 Å². The number of carbonyl (C=O) groups excluding carboxylic acids is 2. The number of hydrogen-bond donors (Lipinski definition) is 3. The summed E-state index contributed by atoms with van der Waals surface area (Å²) in [5.74, 6) is -1.83. The van der Waals surface area contributed by atoms with Crippen LogP contribution in [0, 0.1) is 5.92 Å². The Hall–Kier alpha value is -1.11. The fraction of sp³-hybridized carbons (Fsp3) is 0.667. The molecule has 3 N–H and O–H groups in total. The van der Waals surface area contributed by atoms with E-state index in [-0.39, 0.29) is 23.2 Å². The summed E-state index contributed by atoms with van der Waals surface area (Å²) in [7, 11) is 0. The van der Waals surface area contributed by atoms with Gasteiger partial charge >= 0.3 is 5.97 Å². The van der Waals surface area contributed by atoms with Gasteiger partial charge in [0.05, 0.1) is 11.4 Å². The Balaban J connectivity index is 3.83. The third-order valence-electron chi connectivity index (χ3n) is 1.70. The molecule has 0 heterocycles. The normalized spacial score (nSPS) is 12.0. The highest BCUT2D eigenvalue weighted by molar-refractivity contribution is 9.10. The molecule has 0 fully saturated rings. The zero-order valence-corrected chi connectivity index (χ0v) is 10.7. The van der Waals surface area contributed by atoms with Crippen LogP contribution in [0.2, 0.25) is 0 Å². The molecule has 92 valence electrons. The van der Waals surface area contributed by atoms with Crippen LogP contribution < -0.4 is 10.6 Å². The number of amides is 2. The first kappa shape index (κ1) is 14.9. The number of alkyl halides is 1. The highest BCUT2D eigenvalue weighted by Gasteiger charge is 2.18. The average Bonchev–Trinajstić information content (AvgIpc) is 2.21. The summed E-state index contributed by atoms with van der Waals surface area (Å²) >= 11 is 3.18. The van der Waals surface area contributed by atoms with E-state index in [9.17, 15) is 14.4 Å². The molecule has 0 aromatic carbocycles. The van der Waals surface area contributed by atoms with Crippen LogP contribution in [0.3, 0.4) is 0 Å². The van der Waals surface area contributed by atoms with Gasteiger partial charge in [0.1, 0.15) is 6.54 Å². The Kier molecular flexibility index (Phi) is 6.71. The van der Waals surface area contributed by atoms with Gasteiger partial charge in [-0.25, -0.2) is 0 Å². The van der Waals surface area contributed by atoms with E-state index in [1.807, 2.05) is 13.8 Å². The molecule has 16 heavy (non-hydrogen) atoms. The predicted octanol–water partition coefficient (Wildman–Crippen LogP) is -0.277. The summed E-state index contributed by atoms with van der Waals surface area (Å²) in [5.41, 5.74) is 0. The second-order valence-electron chi connectivity index (χ2n) is 3.53. The van der Waals surface area contributed by atoms with Crippen LogP contribution in [-0.4, -0.2) is 40.8 Å². The van der Waals surface area contributed by atoms with Crippen LogP contribution in [0.1, 0.15) is 13.8 Å². The number of rotatable bonds is 6. The molecule has 6 nitrogen and oxygen atoms in total. The lowest BCUT2D eigenvalue weighted by molar-refractivity contribution is -0.137. The number of aliphatic carboxylic acids is 1. The smallest absolute Gasteiger partial charge is 0.322 e. The number of hydrogen-bond acceptors (Lipinski definition) is 3. The molecule has 0 rings (SSSR count). The van der Waals surface area contributed by atoms with E-state index in [2.05, 4.69) is 26.6 Å². The van der Waals surface area contributed by atoms with Crippen LogP contribution in [-0.2, 0) is 14.4 Å². The van der Waals surface area contributed by atoms with Gasteiger partial charge in [0.15, 0.2) is 0 Å². The van der Waals surface area contributed by atoms with Crippen molar-refractivity contribution in [3.8, 4) is 0 Å².